The van der Waals surface area contributed by atoms with E-state index in [0.717, 1.165) is 37.0 Å². The lowest BCUT2D eigenvalue weighted by atomic mass is 10.2. The van der Waals surface area contributed by atoms with E-state index in [1.807, 2.05) is 17.9 Å². The van der Waals surface area contributed by atoms with Crippen LogP contribution in [-0.2, 0) is 0 Å². The van der Waals surface area contributed by atoms with Crippen LogP contribution < -0.4 is 16.0 Å². The van der Waals surface area contributed by atoms with Gasteiger partial charge in [0.2, 0.25) is 5.95 Å². The molecule has 4 N–H and O–H groups in total. The molecular formula is C24H30F2N8O. The number of nitrogens with one attached hydrogen (secondary N) is 1. The van der Waals surface area contributed by atoms with Gasteiger partial charge >= 0.3 is 0 Å². The molecule has 0 spiro atoms. The molecule has 11 heteroatoms. The van der Waals surface area contributed by atoms with Crippen molar-refractivity contribution in [1.29, 1.82) is 0 Å². The summed E-state index contributed by atoms with van der Waals surface area (Å²) in [5, 5.41) is 16.5. The number of anilines is 3. The molecule has 2 aromatic heterocycles. The van der Waals surface area contributed by atoms with Crippen molar-refractivity contribution in [3.8, 4) is 5.82 Å². The molecule has 0 bridgehead atoms. The maximum absolute atomic E-state index is 13.5. The highest BCUT2D eigenvalue weighted by atomic mass is 19.1. The van der Waals surface area contributed by atoms with Gasteiger partial charge in [0, 0.05) is 69.3 Å². The molecule has 1 fully saturated rings. The molecule has 3 aromatic rings. The Morgan fingerprint density at radius 1 is 1.09 bits per heavy atom. The molecule has 1 aliphatic heterocycles. The van der Waals surface area contributed by atoms with Crippen molar-refractivity contribution >= 4 is 23.5 Å². The van der Waals surface area contributed by atoms with Crippen LogP contribution in [-0.4, -0.2) is 75.6 Å². The van der Waals surface area contributed by atoms with E-state index in [4.69, 9.17) is 10.8 Å². The van der Waals surface area contributed by atoms with Crippen LogP contribution in [0.3, 0.4) is 0 Å². The highest BCUT2D eigenvalue weighted by molar-refractivity contribution is 5.54. The molecule has 1 aromatic carbocycles. The van der Waals surface area contributed by atoms with Crippen molar-refractivity contribution in [2.24, 2.45) is 0 Å². The number of hydrogen-bond donors (Lipinski definition) is 3. The predicted molar refractivity (Wildman–Crippen MR) is 133 cm³/mol. The number of hydrogen-bond acceptors (Lipinski definition) is 8. The molecule has 35 heavy (non-hydrogen) atoms. The fraction of sp³-hybridized carbons (Fsp3) is 0.375. The molecule has 0 aliphatic carbocycles. The van der Waals surface area contributed by atoms with Crippen molar-refractivity contribution < 1.29 is 13.9 Å². The van der Waals surface area contributed by atoms with Crippen molar-refractivity contribution in [3.05, 3.63) is 59.4 Å². The Kier molecular flexibility index (Phi) is 7.88. The zero-order valence-electron chi connectivity index (χ0n) is 19.7. The Labute approximate surface area is 202 Å². The third-order valence-electron chi connectivity index (χ3n) is 5.88. The summed E-state index contributed by atoms with van der Waals surface area (Å²) in [5.74, 6) is 0.167. The van der Waals surface area contributed by atoms with E-state index in [0.29, 0.717) is 43.4 Å². The summed E-state index contributed by atoms with van der Waals surface area (Å²) in [6.07, 6.45) is 6.49. The van der Waals surface area contributed by atoms with Crippen LogP contribution in [0.1, 0.15) is 17.7 Å². The van der Waals surface area contributed by atoms with Gasteiger partial charge in [0.15, 0.2) is 5.82 Å². The highest BCUT2D eigenvalue weighted by Crippen LogP contribution is 2.20. The average molecular weight is 485 g/mol. The molecule has 3 heterocycles. The number of rotatable bonds is 9. The van der Waals surface area contributed by atoms with Crippen molar-refractivity contribution in [3.63, 3.8) is 0 Å². The third-order valence-corrected chi connectivity index (χ3v) is 5.88. The summed E-state index contributed by atoms with van der Waals surface area (Å²) in [4.78, 5) is 12.8. The van der Waals surface area contributed by atoms with E-state index >= 15 is 0 Å². The second-order valence-electron chi connectivity index (χ2n) is 8.39. The third kappa shape index (κ3) is 6.31. The molecular weight excluding hydrogens is 454 g/mol. The fourth-order valence-electron chi connectivity index (χ4n) is 4.00. The fourth-order valence-corrected chi connectivity index (χ4v) is 4.00. The number of halogens is 2. The van der Waals surface area contributed by atoms with Gasteiger partial charge in [-0.05, 0) is 25.5 Å². The molecule has 186 valence electrons. The van der Waals surface area contributed by atoms with Crippen molar-refractivity contribution in [2.75, 3.05) is 61.8 Å². The minimum atomic E-state index is -0.555. The lowest BCUT2D eigenvalue weighted by Crippen LogP contribution is -2.46. The maximum Gasteiger partial charge on any atom is 0.224 e. The van der Waals surface area contributed by atoms with Gasteiger partial charge in [0.05, 0.1) is 11.9 Å². The molecule has 1 saturated heterocycles. The van der Waals surface area contributed by atoms with Gasteiger partial charge in [-0.1, -0.05) is 12.2 Å². The lowest BCUT2D eigenvalue weighted by Gasteiger charge is -2.35. The van der Waals surface area contributed by atoms with Gasteiger partial charge in [0.25, 0.3) is 0 Å². The van der Waals surface area contributed by atoms with Crippen LogP contribution in [0, 0.1) is 18.6 Å². The Morgan fingerprint density at radius 2 is 1.83 bits per heavy atom. The number of benzene rings is 1. The van der Waals surface area contributed by atoms with Crippen molar-refractivity contribution in [1.82, 2.24) is 24.6 Å². The van der Waals surface area contributed by atoms with Crippen LogP contribution >= 0.6 is 0 Å². The summed E-state index contributed by atoms with van der Waals surface area (Å²) in [7, 11) is 0. The first-order valence-electron chi connectivity index (χ1n) is 11.6. The van der Waals surface area contributed by atoms with E-state index < -0.39 is 11.6 Å². The van der Waals surface area contributed by atoms with Crippen LogP contribution in [0.2, 0.25) is 0 Å². The maximum atomic E-state index is 13.5. The van der Waals surface area contributed by atoms with Gasteiger partial charge in [-0.25, -0.2) is 13.5 Å². The first kappa shape index (κ1) is 24.6. The van der Waals surface area contributed by atoms with Gasteiger partial charge in [-0.2, -0.15) is 15.1 Å². The molecule has 0 radical (unpaired) electrons. The predicted octanol–water partition coefficient (Wildman–Crippen LogP) is 2.46. The summed E-state index contributed by atoms with van der Waals surface area (Å²) < 4.78 is 28.7. The van der Waals surface area contributed by atoms with Crippen LogP contribution in [0.4, 0.5) is 26.2 Å². The molecule has 0 amide bonds. The monoisotopic (exact) mass is 484 g/mol. The van der Waals surface area contributed by atoms with Gasteiger partial charge in [-0.3, -0.25) is 4.90 Å². The number of nitrogens with two attached hydrogens (primary N) is 1. The molecule has 4 rings (SSSR count). The smallest absolute Gasteiger partial charge is 0.224 e. The Morgan fingerprint density at radius 3 is 2.54 bits per heavy atom. The topological polar surface area (TPSA) is 108 Å². The number of nitrogen functional groups attached to an aromatic ring is 1. The van der Waals surface area contributed by atoms with Crippen LogP contribution in [0.5, 0.6) is 0 Å². The SMILES string of the molecule is Cc1c(C=CCN2CCN(c3cc(F)cc(F)c3)CC2)cnn1-c1cc(NCCCO)nc(N)n1. The molecule has 0 saturated carbocycles. The first-order chi connectivity index (χ1) is 16.9. The van der Waals surface area contributed by atoms with Gasteiger partial charge < -0.3 is 21.1 Å². The second-order valence-corrected chi connectivity index (χ2v) is 8.39. The summed E-state index contributed by atoms with van der Waals surface area (Å²) in [6, 6.07) is 5.41. The number of aliphatic hydroxyl groups is 1. The molecule has 0 atom stereocenters. The lowest BCUT2D eigenvalue weighted by molar-refractivity contribution is 0.284. The standard InChI is InChI=1S/C24H30F2N8O/c1-17-18(16-29-34(17)23-15-22(28-5-3-11-35)30-24(27)31-23)4-2-6-32-7-9-33(10-8-32)21-13-19(25)12-20(26)14-21/h2,4,12-16,35H,3,5-11H2,1H3,(H3,27,28,30,31). The van der Waals surface area contributed by atoms with E-state index in [-0.39, 0.29) is 12.6 Å². The molecule has 9 nitrogen and oxygen atoms in total. The number of piperazine rings is 1. The van der Waals surface area contributed by atoms with E-state index in [9.17, 15) is 8.78 Å². The van der Waals surface area contributed by atoms with E-state index in [1.54, 1.807) is 16.9 Å². The Balaban J connectivity index is 1.34. The van der Waals surface area contributed by atoms with Gasteiger partial charge in [0.1, 0.15) is 17.5 Å². The van der Waals surface area contributed by atoms with E-state index in [1.165, 1.54) is 12.1 Å². The number of nitrogens with zero attached hydrogens (tertiary/aromatic N) is 6. The highest BCUT2D eigenvalue weighted by Gasteiger charge is 2.17. The zero-order chi connectivity index (χ0) is 24.8. The number of aliphatic hydroxyl groups excluding tert-OH is 1. The van der Waals surface area contributed by atoms with Crippen molar-refractivity contribution in [2.45, 2.75) is 13.3 Å². The van der Waals surface area contributed by atoms with Crippen LogP contribution in [0.15, 0.2) is 36.5 Å². The zero-order valence-corrected chi connectivity index (χ0v) is 19.7. The summed E-state index contributed by atoms with van der Waals surface area (Å²) >= 11 is 0. The molecule has 0 unspecified atom stereocenters. The summed E-state index contributed by atoms with van der Waals surface area (Å²) in [6.45, 7) is 6.40. The minimum Gasteiger partial charge on any atom is -0.396 e. The van der Waals surface area contributed by atoms with Crippen LogP contribution in [0.25, 0.3) is 11.9 Å². The first-order valence-corrected chi connectivity index (χ1v) is 11.6. The van der Waals surface area contributed by atoms with E-state index in [2.05, 4.69) is 31.4 Å². The quantitative estimate of drug-likeness (QED) is 0.398. The Hall–Kier alpha value is -3.57. The summed E-state index contributed by atoms with van der Waals surface area (Å²) in [5.41, 5.74) is 8.33. The molecule has 1 aliphatic rings. The second kappa shape index (κ2) is 11.2. The number of aromatic nitrogens is 4. The average Bonchev–Trinajstić information content (AvgIpc) is 3.19. The Bertz CT molecular complexity index is 1150. The minimum absolute atomic E-state index is 0.0943. The normalized spacial score (nSPS) is 14.7. The largest absolute Gasteiger partial charge is 0.396 e. The van der Waals surface area contributed by atoms with Gasteiger partial charge in [-0.15, -0.1) is 0 Å².